The Morgan fingerprint density at radius 2 is 2.24 bits per heavy atom. The Labute approximate surface area is 119 Å². The molecule has 1 fully saturated rings. The van der Waals surface area contributed by atoms with Crippen molar-refractivity contribution in [2.24, 2.45) is 0 Å². The van der Waals surface area contributed by atoms with E-state index in [0.29, 0.717) is 0 Å². The number of benzene rings is 1. The number of hydrogen-bond donors (Lipinski definition) is 3. The van der Waals surface area contributed by atoms with Crippen molar-refractivity contribution in [2.45, 2.75) is 10.9 Å². The first-order chi connectivity index (χ1) is 9.85. The summed E-state index contributed by atoms with van der Waals surface area (Å²) in [5, 5.41) is 9.03. The van der Waals surface area contributed by atoms with Crippen molar-refractivity contribution in [1.82, 2.24) is 10.2 Å². The molecule has 0 unspecified atom stereocenters. The Kier molecular flexibility index (Phi) is 4.11. The minimum atomic E-state index is -4.07. The third kappa shape index (κ3) is 3.12. The fourth-order valence-corrected chi connectivity index (χ4v) is 2.91. The number of amides is 1. The number of sulfonamides is 1. The van der Waals surface area contributed by atoms with Crippen molar-refractivity contribution >= 4 is 21.9 Å². The van der Waals surface area contributed by atoms with Gasteiger partial charge in [0.2, 0.25) is 10.0 Å². The zero-order chi connectivity index (χ0) is 15.6. The van der Waals surface area contributed by atoms with E-state index in [4.69, 9.17) is 9.84 Å². The molecule has 0 aromatic heterocycles. The van der Waals surface area contributed by atoms with Gasteiger partial charge >= 0.3 is 5.97 Å². The Morgan fingerprint density at radius 3 is 2.76 bits per heavy atom. The number of hydrogen-bond acceptors (Lipinski definition) is 6. The van der Waals surface area contributed by atoms with E-state index >= 15 is 0 Å². The highest BCUT2D eigenvalue weighted by Crippen LogP contribution is 2.22. The van der Waals surface area contributed by atoms with E-state index < -0.39 is 27.9 Å². The first-order valence-electron chi connectivity index (χ1n) is 5.70. The maximum atomic E-state index is 12.1. The summed E-state index contributed by atoms with van der Waals surface area (Å²) < 4.78 is 31.2. The second-order valence-corrected chi connectivity index (χ2v) is 5.83. The molecule has 0 spiro atoms. The molecule has 3 N–H and O–H groups in total. The number of carboxylic acids is 1. The van der Waals surface area contributed by atoms with E-state index in [1.165, 1.54) is 19.2 Å². The molecule has 1 atom stereocenters. The van der Waals surface area contributed by atoms with Crippen LogP contribution >= 0.6 is 0 Å². The molecule has 0 radical (unpaired) electrons. The molecule has 10 heteroatoms. The number of methoxy groups -OCH3 is 1. The first kappa shape index (κ1) is 15.2. The lowest BCUT2D eigenvalue weighted by Gasteiger charge is -2.11. The number of ether oxygens (including phenoxy) is 1. The Morgan fingerprint density at radius 1 is 1.52 bits per heavy atom. The summed E-state index contributed by atoms with van der Waals surface area (Å²) in [4.78, 5) is 26.7. The zero-order valence-corrected chi connectivity index (χ0v) is 11.6. The first-order valence-corrected chi connectivity index (χ1v) is 7.19. The van der Waals surface area contributed by atoms with Gasteiger partial charge in [-0.15, -0.1) is 0 Å². The number of rotatable bonds is 5. The number of hydroxylamine groups is 1. The number of carbonyl (C=O) groups is 2. The van der Waals surface area contributed by atoms with E-state index in [-0.39, 0.29) is 22.8 Å². The Bertz CT molecular complexity index is 686. The smallest absolute Gasteiger partial charge is 0.339 e. The SMILES string of the molecule is COc1ccc(S(=O)(=O)N[C@@H]2CONC2=O)cc1C(=O)O. The lowest BCUT2D eigenvalue weighted by Crippen LogP contribution is -2.41. The summed E-state index contributed by atoms with van der Waals surface area (Å²) in [6.45, 7) is -0.153. The van der Waals surface area contributed by atoms with Gasteiger partial charge in [0, 0.05) is 0 Å². The molecule has 114 valence electrons. The van der Waals surface area contributed by atoms with Crippen molar-refractivity contribution in [2.75, 3.05) is 13.7 Å². The summed E-state index contributed by atoms with van der Waals surface area (Å²) in [6.07, 6.45) is 0. The van der Waals surface area contributed by atoms with Gasteiger partial charge in [-0.25, -0.2) is 18.7 Å². The monoisotopic (exact) mass is 316 g/mol. The third-order valence-electron chi connectivity index (χ3n) is 2.75. The van der Waals surface area contributed by atoms with Crippen LogP contribution in [0.2, 0.25) is 0 Å². The van der Waals surface area contributed by atoms with Crippen molar-refractivity contribution < 1.29 is 32.7 Å². The maximum absolute atomic E-state index is 12.1. The van der Waals surface area contributed by atoms with Crippen LogP contribution < -0.4 is 14.9 Å². The molecule has 1 aliphatic rings. The van der Waals surface area contributed by atoms with Gasteiger partial charge in [-0.1, -0.05) is 0 Å². The third-order valence-corrected chi connectivity index (χ3v) is 4.22. The highest BCUT2D eigenvalue weighted by atomic mass is 32.2. The molecule has 1 saturated heterocycles. The van der Waals surface area contributed by atoms with Crippen LogP contribution in [0.3, 0.4) is 0 Å². The second kappa shape index (κ2) is 5.68. The zero-order valence-electron chi connectivity index (χ0n) is 10.8. The van der Waals surface area contributed by atoms with E-state index in [0.717, 1.165) is 6.07 Å². The van der Waals surface area contributed by atoms with Gasteiger partial charge in [-0.3, -0.25) is 9.63 Å². The molecule has 0 saturated carbocycles. The molecule has 21 heavy (non-hydrogen) atoms. The van der Waals surface area contributed by atoms with Gasteiger partial charge in [0.05, 0.1) is 12.0 Å². The molecule has 1 aromatic carbocycles. The lowest BCUT2D eigenvalue weighted by molar-refractivity contribution is -0.124. The predicted octanol–water partition coefficient (Wildman–Crippen LogP) is -0.898. The van der Waals surface area contributed by atoms with E-state index in [9.17, 15) is 18.0 Å². The normalized spacial score (nSPS) is 18.3. The fourth-order valence-electron chi connectivity index (χ4n) is 1.71. The van der Waals surface area contributed by atoms with E-state index in [1.807, 2.05) is 5.48 Å². The van der Waals surface area contributed by atoms with Gasteiger partial charge in [0.25, 0.3) is 5.91 Å². The van der Waals surface area contributed by atoms with Gasteiger partial charge in [0.1, 0.15) is 24.0 Å². The van der Waals surface area contributed by atoms with Crippen LogP contribution in [-0.4, -0.2) is 45.2 Å². The van der Waals surface area contributed by atoms with Crippen LogP contribution in [0, 0.1) is 0 Å². The highest BCUT2D eigenvalue weighted by molar-refractivity contribution is 7.89. The standard InChI is InChI=1S/C11H12N2O7S/c1-19-9-3-2-6(4-7(9)11(15)16)21(17,18)13-8-5-20-12-10(8)14/h2-4,8,13H,5H2,1H3,(H,12,14)(H,15,16)/t8-/m1/s1. The summed E-state index contributed by atoms with van der Waals surface area (Å²) in [6, 6.07) is 2.30. The molecule has 2 rings (SSSR count). The molecule has 1 heterocycles. The van der Waals surface area contributed by atoms with E-state index in [2.05, 4.69) is 9.56 Å². The number of carbonyl (C=O) groups excluding carboxylic acids is 1. The molecule has 0 aliphatic carbocycles. The molecule has 1 aromatic rings. The van der Waals surface area contributed by atoms with Crippen molar-refractivity contribution in [1.29, 1.82) is 0 Å². The summed E-state index contributed by atoms with van der Waals surface area (Å²) in [5.74, 6) is -1.92. The largest absolute Gasteiger partial charge is 0.496 e. The molecular formula is C11H12N2O7S. The van der Waals surface area contributed by atoms with E-state index in [1.54, 1.807) is 0 Å². The second-order valence-electron chi connectivity index (χ2n) is 4.12. The summed E-state index contributed by atoms with van der Waals surface area (Å²) in [7, 11) is -2.80. The average molecular weight is 316 g/mol. The van der Waals surface area contributed by atoms with Crippen LogP contribution in [0.5, 0.6) is 5.75 Å². The Hall–Kier alpha value is -2.17. The number of carboxylic acid groups (broad SMARTS) is 1. The van der Waals surface area contributed by atoms with Crippen LogP contribution in [0.4, 0.5) is 0 Å². The maximum Gasteiger partial charge on any atom is 0.339 e. The highest BCUT2D eigenvalue weighted by Gasteiger charge is 2.31. The van der Waals surface area contributed by atoms with Crippen molar-refractivity contribution in [3.63, 3.8) is 0 Å². The van der Waals surface area contributed by atoms with Crippen LogP contribution in [0.1, 0.15) is 10.4 Å². The minimum Gasteiger partial charge on any atom is -0.496 e. The van der Waals surface area contributed by atoms with Crippen molar-refractivity contribution in [3.8, 4) is 5.75 Å². The van der Waals surface area contributed by atoms with Crippen molar-refractivity contribution in [3.05, 3.63) is 23.8 Å². The Balaban J connectivity index is 2.34. The van der Waals surface area contributed by atoms with Gasteiger partial charge in [0.15, 0.2) is 0 Å². The van der Waals surface area contributed by atoms with Gasteiger partial charge in [-0.2, -0.15) is 4.72 Å². The quantitative estimate of drug-likeness (QED) is 0.641. The summed E-state index contributed by atoms with van der Waals surface area (Å²) in [5.41, 5.74) is 1.71. The predicted molar refractivity (Wildman–Crippen MR) is 68.2 cm³/mol. The molecular weight excluding hydrogens is 304 g/mol. The fraction of sp³-hybridized carbons (Fsp3) is 0.273. The molecule has 1 amide bonds. The van der Waals surface area contributed by atoms with Crippen LogP contribution in [0.25, 0.3) is 0 Å². The number of nitrogens with one attached hydrogen (secondary N) is 2. The number of aromatic carboxylic acids is 1. The lowest BCUT2D eigenvalue weighted by atomic mass is 10.2. The van der Waals surface area contributed by atoms with Crippen LogP contribution in [-0.2, 0) is 19.7 Å². The minimum absolute atomic E-state index is 0.0309. The van der Waals surface area contributed by atoms with Crippen LogP contribution in [0.15, 0.2) is 23.1 Å². The van der Waals surface area contributed by atoms with Gasteiger partial charge < -0.3 is 9.84 Å². The summed E-state index contributed by atoms with van der Waals surface area (Å²) >= 11 is 0. The average Bonchev–Trinajstić information content (AvgIpc) is 2.82. The molecule has 0 bridgehead atoms. The molecule has 1 aliphatic heterocycles. The molecule has 9 nitrogen and oxygen atoms in total. The van der Waals surface area contributed by atoms with Gasteiger partial charge in [-0.05, 0) is 18.2 Å². The topological polar surface area (TPSA) is 131 Å².